The van der Waals surface area contributed by atoms with Crippen LogP contribution in [0.2, 0.25) is 0 Å². The van der Waals surface area contributed by atoms with E-state index in [4.69, 9.17) is 4.74 Å². The Balaban J connectivity index is 2.26. The van der Waals surface area contributed by atoms with Crippen LogP contribution in [0.15, 0.2) is 41.3 Å². The number of carbonyl (C=O) groups excluding carboxylic acids is 1. The minimum atomic E-state index is -3.62. The smallest absolute Gasteiger partial charge is 0.330 e. The molecule has 1 heterocycles. The van der Waals surface area contributed by atoms with Gasteiger partial charge in [0.05, 0.1) is 19.1 Å². The van der Waals surface area contributed by atoms with Crippen LogP contribution in [0.5, 0.6) is 5.75 Å². The van der Waals surface area contributed by atoms with Gasteiger partial charge in [-0.1, -0.05) is 12.5 Å². The second kappa shape index (κ2) is 7.61. The fourth-order valence-electron chi connectivity index (χ4n) is 2.56. The summed E-state index contributed by atoms with van der Waals surface area (Å²) in [5.74, 6) is 0.113. The first kappa shape index (κ1) is 17.5. The molecule has 1 aliphatic rings. The van der Waals surface area contributed by atoms with Crippen molar-refractivity contribution in [2.24, 2.45) is 0 Å². The number of hydrogen-bond donors (Lipinski definition) is 0. The summed E-state index contributed by atoms with van der Waals surface area (Å²) in [5.41, 5.74) is 0. The number of piperidine rings is 1. The zero-order valence-electron chi connectivity index (χ0n) is 13.3. The molecule has 0 aromatic heterocycles. The van der Waals surface area contributed by atoms with Gasteiger partial charge in [-0.05, 0) is 37.1 Å². The Hall–Kier alpha value is -1.86. The summed E-state index contributed by atoms with van der Waals surface area (Å²) in [6.07, 6.45) is 5.30. The fraction of sp³-hybridized carbons (Fsp3) is 0.438. The molecule has 2 rings (SSSR count). The van der Waals surface area contributed by atoms with Crippen LogP contribution < -0.4 is 4.74 Å². The SMILES string of the molecule is COC(=O)/C=C/C1CCCCN1S(=O)(=O)c1ccc(OC)cc1. The molecule has 1 atom stereocenters. The van der Waals surface area contributed by atoms with Crippen molar-refractivity contribution in [1.29, 1.82) is 0 Å². The summed E-state index contributed by atoms with van der Waals surface area (Å²) >= 11 is 0. The third-order valence-corrected chi connectivity index (χ3v) is 5.76. The quantitative estimate of drug-likeness (QED) is 0.606. The van der Waals surface area contributed by atoms with Gasteiger partial charge in [-0.15, -0.1) is 0 Å². The van der Waals surface area contributed by atoms with Crippen LogP contribution in [-0.4, -0.2) is 45.5 Å². The van der Waals surface area contributed by atoms with Crippen molar-refractivity contribution in [3.05, 3.63) is 36.4 Å². The van der Waals surface area contributed by atoms with Crippen molar-refractivity contribution in [3.63, 3.8) is 0 Å². The first-order valence-corrected chi connectivity index (χ1v) is 8.85. The van der Waals surface area contributed by atoms with Gasteiger partial charge in [-0.25, -0.2) is 13.2 Å². The van der Waals surface area contributed by atoms with Gasteiger partial charge < -0.3 is 9.47 Å². The van der Waals surface area contributed by atoms with Crippen LogP contribution >= 0.6 is 0 Å². The summed E-state index contributed by atoms with van der Waals surface area (Å²) in [4.78, 5) is 11.5. The maximum absolute atomic E-state index is 12.8. The van der Waals surface area contributed by atoms with E-state index < -0.39 is 16.0 Å². The predicted octanol–water partition coefficient (Wildman–Crippen LogP) is 1.97. The Kier molecular flexibility index (Phi) is 5.79. The molecule has 0 aliphatic carbocycles. The normalized spacial score (nSPS) is 19.7. The van der Waals surface area contributed by atoms with E-state index in [1.807, 2.05) is 0 Å². The average Bonchev–Trinajstić information content (AvgIpc) is 2.59. The second-order valence-electron chi connectivity index (χ2n) is 5.24. The van der Waals surface area contributed by atoms with Gasteiger partial charge in [0.2, 0.25) is 10.0 Å². The highest BCUT2D eigenvalue weighted by atomic mass is 32.2. The van der Waals surface area contributed by atoms with E-state index in [1.54, 1.807) is 18.2 Å². The van der Waals surface area contributed by atoms with Crippen LogP contribution in [0, 0.1) is 0 Å². The van der Waals surface area contributed by atoms with Gasteiger partial charge in [0.1, 0.15) is 5.75 Å². The molecule has 126 valence electrons. The summed E-state index contributed by atoms with van der Waals surface area (Å²) < 4.78 is 36.8. The minimum Gasteiger partial charge on any atom is -0.497 e. The third-order valence-electron chi connectivity index (χ3n) is 3.82. The highest BCUT2D eigenvalue weighted by molar-refractivity contribution is 7.89. The molecule has 0 spiro atoms. The molecular formula is C16H21NO5S. The van der Waals surface area contributed by atoms with Crippen molar-refractivity contribution in [3.8, 4) is 5.75 Å². The molecule has 0 bridgehead atoms. The molecule has 0 amide bonds. The molecule has 1 aromatic rings. The molecule has 1 fully saturated rings. The largest absolute Gasteiger partial charge is 0.497 e. The molecule has 0 saturated carbocycles. The third kappa shape index (κ3) is 4.11. The van der Waals surface area contributed by atoms with E-state index in [9.17, 15) is 13.2 Å². The lowest BCUT2D eigenvalue weighted by Crippen LogP contribution is -2.42. The first-order chi connectivity index (χ1) is 11.0. The van der Waals surface area contributed by atoms with E-state index >= 15 is 0 Å². The second-order valence-corrected chi connectivity index (χ2v) is 7.13. The Labute approximate surface area is 136 Å². The van der Waals surface area contributed by atoms with Crippen LogP contribution in [0.3, 0.4) is 0 Å². The molecule has 7 heteroatoms. The minimum absolute atomic E-state index is 0.219. The molecule has 6 nitrogen and oxygen atoms in total. The predicted molar refractivity (Wildman–Crippen MR) is 85.7 cm³/mol. The van der Waals surface area contributed by atoms with Crippen LogP contribution in [-0.2, 0) is 19.6 Å². The summed E-state index contributed by atoms with van der Waals surface area (Å²) in [6, 6.07) is 5.97. The van der Waals surface area contributed by atoms with E-state index in [0.29, 0.717) is 18.7 Å². The topological polar surface area (TPSA) is 72.9 Å². The van der Waals surface area contributed by atoms with Gasteiger partial charge in [0.15, 0.2) is 0 Å². The number of esters is 1. The fourth-order valence-corrected chi connectivity index (χ4v) is 4.21. The monoisotopic (exact) mass is 339 g/mol. The Morgan fingerprint density at radius 1 is 1.22 bits per heavy atom. The maximum Gasteiger partial charge on any atom is 0.330 e. The molecule has 1 aromatic carbocycles. The Morgan fingerprint density at radius 2 is 1.91 bits per heavy atom. The zero-order valence-corrected chi connectivity index (χ0v) is 14.1. The van der Waals surface area contributed by atoms with Crippen LogP contribution in [0.4, 0.5) is 0 Å². The van der Waals surface area contributed by atoms with Crippen molar-refractivity contribution < 1.29 is 22.7 Å². The molecule has 1 saturated heterocycles. The standard InChI is InChI=1S/C16H21NO5S/c1-21-14-7-9-15(10-8-14)23(19,20)17-12-4-3-5-13(17)6-11-16(18)22-2/h6-11,13H,3-5,12H2,1-2H3/b11-6+. The van der Waals surface area contributed by atoms with Gasteiger partial charge in [-0.2, -0.15) is 4.31 Å². The van der Waals surface area contributed by atoms with Crippen molar-refractivity contribution >= 4 is 16.0 Å². The molecule has 1 aliphatic heterocycles. The Morgan fingerprint density at radius 3 is 2.52 bits per heavy atom. The van der Waals surface area contributed by atoms with Crippen LogP contribution in [0.1, 0.15) is 19.3 Å². The van der Waals surface area contributed by atoms with E-state index in [0.717, 1.165) is 12.8 Å². The molecule has 1 unspecified atom stereocenters. The average molecular weight is 339 g/mol. The summed E-state index contributed by atoms with van der Waals surface area (Å²) in [7, 11) is -0.796. The van der Waals surface area contributed by atoms with Gasteiger partial charge in [-0.3, -0.25) is 0 Å². The zero-order chi connectivity index (χ0) is 16.9. The first-order valence-electron chi connectivity index (χ1n) is 7.41. The number of ether oxygens (including phenoxy) is 2. The Bertz CT molecular complexity index is 666. The highest BCUT2D eigenvalue weighted by Crippen LogP contribution is 2.27. The lowest BCUT2D eigenvalue weighted by atomic mass is 10.0. The number of benzene rings is 1. The summed E-state index contributed by atoms with van der Waals surface area (Å²) in [6.45, 7) is 0.435. The molecule has 23 heavy (non-hydrogen) atoms. The lowest BCUT2D eigenvalue weighted by Gasteiger charge is -2.32. The molecule has 0 radical (unpaired) electrons. The number of methoxy groups -OCH3 is 2. The van der Waals surface area contributed by atoms with Crippen molar-refractivity contribution in [2.45, 2.75) is 30.2 Å². The van der Waals surface area contributed by atoms with Crippen LogP contribution in [0.25, 0.3) is 0 Å². The van der Waals surface area contributed by atoms with E-state index in [-0.39, 0.29) is 10.9 Å². The number of carbonyl (C=O) groups is 1. The van der Waals surface area contributed by atoms with E-state index in [1.165, 1.54) is 36.7 Å². The molecular weight excluding hydrogens is 318 g/mol. The number of rotatable bonds is 5. The van der Waals surface area contributed by atoms with Gasteiger partial charge >= 0.3 is 5.97 Å². The summed E-state index contributed by atoms with van der Waals surface area (Å²) in [5, 5.41) is 0. The van der Waals surface area contributed by atoms with Gasteiger partial charge in [0.25, 0.3) is 0 Å². The maximum atomic E-state index is 12.8. The van der Waals surface area contributed by atoms with Crippen molar-refractivity contribution in [1.82, 2.24) is 4.31 Å². The highest BCUT2D eigenvalue weighted by Gasteiger charge is 2.32. The van der Waals surface area contributed by atoms with Crippen molar-refractivity contribution in [2.75, 3.05) is 20.8 Å². The van der Waals surface area contributed by atoms with E-state index in [2.05, 4.69) is 4.74 Å². The van der Waals surface area contributed by atoms with Gasteiger partial charge in [0, 0.05) is 18.7 Å². The number of hydrogen-bond acceptors (Lipinski definition) is 5. The lowest BCUT2D eigenvalue weighted by molar-refractivity contribution is -0.134. The number of sulfonamides is 1. The molecule has 0 N–H and O–H groups in total. The number of nitrogens with zero attached hydrogens (tertiary/aromatic N) is 1.